The van der Waals surface area contributed by atoms with Crippen molar-refractivity contribution >= 4 is 23.1 Å². The number of rotatable bonds is 6. The van der Waals surface area contributed by atoms with E-state index >= 15 is 0 Å². The third-order valence-electron chi connectivity index (χ3n) is 3.39. The number of nitrogens with one attached hydrogen (secondary N) is 1. The van der Waals surface area contributed by atoms with Crippen LogP contribution in [0.15, 0.2) is 24.3 Å². The smallest absolute Gasteiger partial charge is 0.224 e. The molecule has 0 radical (unpaired) electrons. The lowest BCUT2D eigenvalue weighted by atomic mass is 10.1. The van der Waals surface area contributed by atoms with Gasteiger partial charge in [-0.25, -0.2) is 0 Å². The fourth-order valence-corrected chi connectivity index (χ4v) is 2.35. The molecule has 4 heteroatoms. The maximum Gasteiger partial charge on any atom is 0.224 e. The van der Waals surface area contributed by atoms with Crippen LogP contribution in [0.4, 0.5) is 0 Å². The second-order valence-corrected chi connectivity index (χ2v) is 5.83. The first-order valence-corrected chi connectivity index (χ1v) is 7.13. The molecule has 1 aromatic rings. The Balaban J connectivity index is 1.82. The van der Waals surface area contributed by atoms with Crippen molar-refractivity contribution in [2.24, 2.45) is 11.7 Å². The van der Waals surface area contributed by atoms with E-state index in [1.807, 2.05) is 24.3 Å². The average Bonchev–Trinajstić information content (AvgIpc) is 3.13. The molecule has 1 aliphatic carbocycles. The standard InChI is InChI=1S/C15H20N2OS/c1-10(8-11-2-3-11)17-14(18)9-12-4-6-13(7-5-12)15(16)19/h4-7,10-11H,2-3,8-9H2,1H3,(H2,16,19)(H,17,18). The van der Waals surface area contributed by atoms with Crippen molar-refractivity contribution in [1.82, 2.24) is 5.32 Å². The van der Waals surface area contributed by atoms with Crippen molar-refractivity contribution < 1.29 is 4.79 Å². The van der Waals surface area contributed by atoms with Crippen LogP contribution in [0.3, 0.4) is 0 Å². The van der Waals surface area contributed by atoms with Gasteiger partial charge in [-0.2, -0.15) is 0 Å². The fraction of sp³-hybridized carbons (Fsp3) is 0.467. The van der Waals surface area contributed by atoms with Crippen LogP contribution in [0.25, 0.3) is 0 Å². The molecule has 1 aromatic carbocycles. The van der Waals surface area contributed by atoms with Crippen LogP contribution in [0, 0.1) is 5.92 Å². The van der Waals surface area contributed by atoms with E-state index in [9.17, 15) is 4.79 Å². The molecule has 19 heavy (non-hydrogen) atoms. The summed E-state index contributed by atoms with van der Waals surface area (Å²) in [6, 6.07) is 7.80. The van der Waals surface area contributed by atoms with Gasteiger partial charge in [0.15, 0.2) is 0 Å². The summed E-state index contributed by atoms with van der Waals surface area (Å²) in [4.78, 5) is 12.3. The molecule has 0 aromatic heterocycles. The quantitative estimate of drug-likeness (QED) is 0.783. The molecule has 1 unspecified atom stereocenters. The lowest BCUT2D eigenvalue weighted by Gasteiger charge is -2.13. The molecule has 3 nitrogen and oxygen atoms in total. The molecule has 1 saturated carbocycles. The molecule has 102 valence electrons. The highest BCUT2D eigenvalue weighted by atomic mass is 32.1. The van der Waals surface area contributed by atoms with Gasteiger partial charge in [0, 0.05) is 11.6 Å². The first-order valence-electron chi connectivity index (χ1n) is 6.72. The van der Waals surface area contributed by atoms with E-state index in [-0.39, 0.29) is 11.9 Å². The van der Waals surface area contributed by atoms with Crippen molar-refractivity contribution in [3.8, 4) is 0 Å². The number of nitrogens with two attached hydrogens (primary N) is 1. The third-order valence-corrected chi connectivity index (χ3v) is 3.63. The molecule has 0 aliphatic heterocycles. The molecule has 0 saturated heterocycles. The lowest BCUT2D eigenvalue weighted by molar-refractivity contribution is -0.121. The van der Waals surface area contributed by atoms with Crippen LogP contribution in [0.5, 0.6) is 0 Å². The molecule has 2 rings (SSSR count). The molecular formula is C15H20N2OS. The van der Waals surface area contributed by atoms with Crippen molar-refractivity contribution in [1.29, 1.82) is 0 Å². The summed E-state index contributed by atoms with van der Waals surface area (Å²) >= 11 is 4.89. The predicted molar refractivity (Wildman–Crippen MR) is 81.0 cm³/mol. The zero-order valence-corrected chi connectivity index (χ0v) is 12.0. The molecule has 1 aliphatic rings. The van der Waals surface area contributed by atoms with Crippen LogP contribution in [0.1, 0.15) is 37.3 Å². The summed E-state index contributed by atoms with van der Waals surface area (Å²) in [5.41, 5.74) is 7.35. The van der Waals surface area contributed by atoms with E-state index in [4.69, 9.17) is 18.0 Å². The van der Waals surface area contributed by atoms with E-state index < -0.39 is 0 Å². The Bertz CT molecular complexity index is 466. The average molecular weight is 276 g/mol. The van der Waals surface area contributed by atoms with Gasteiger partial charge in [0.25, 0.3) is 0 Å². The fourth-order valence-electron chi connectivity index (χ4n) is 2.21. The van der Waals surface area contributed by atoms with Crippen LogP contribution in [-0.4, -0.2) is 16.9 Å². The van der Waals surface area contributed by atoms with Crippen LogP contribution >= 0.6 is 12.2 Å². The topological polar surface area (TPSA) is 55.1 Å². The van der Waals surface area contributed by atoms with Gasteiger partial charge in [-0.05, 0) is 24.8 Å². The van der Waals surface area contributed by atoms with Crippen molar-refractivity contribution in [3.63, 3.8) is 0 Å². The number of hydrogen-bond acceptors (Lipinski definition) is 2. The Hall–Kier alpha value is -1.42. The first kappa shape index (κ1) is 14.0. The Morgan fingerprint density at radius 1 is 1.42 bits per heavy atom. The third kappa shape index (κ3) is 4.63. The summed E-state index contributed by atoms with van der Waals surface area (Å²) in [6.07, 6.45) is 4.15. The van der Waals surface area contributed by atoms with E-state index in [1.54, 1.807) is 0 Å². The van der Waals surface area contributed by atoms with E-state index in [1.165, 1.54) is 12.8 Å². The molecule has 1 atom stereocenters. The maximum atomic E-state index is 11.9. The van der Waals surface area contributed by atoms with Crippen molar-refractivity contribution in [3.05, 3.63) is 35.4 Å². The number of amides is 1. The van der Waals surface area contributed by atoms with Crippen molar-refractivity contribution in [2.45, 2.75) is 38.6 Å². The second kappa shape index (κ2) is 6.15. The lowest BCUT2D eigenvalue weighted by Crippen LogP contribution is -2.34. The second-order valence-electron chi connectivity index (χ2n) is 5.39. The van der Waals surface area contributed by atoms with E-state index in [0.717, 1.165) is 23.5 Å². The Morgan fingerprint density at radius 2 is 2.05 bits per heavy atom. The highest BCUT2D eigenvalue weighted by molar-refractivity contribution is 7.80. The van der Waals surface area contributed by atoms with Gasteiger partial charge >= 0.3 is 0 Å². The summed E-state index contributed by atoms with van der Waals surface area (Å²) in [7, 11) is 0. The minimum Gasteiger partial charge on any atom is -0.389 e. The number of thiocarbonyl (C=S) groups is 1. The van der Waals surface area contributed by atoms with Gasteiger partial charge in [-0.1, -0.05) is 49.3 Å². The number of hydrogen-bond donors (Lipinski definition) is 2. The zero-order chi connectivity index (χ0) is 13.8. The van der Waals surface area contributed by atoms with Gasteiger partial charge in [0.05, 0.1) is 6.42 Å². The molecular weight excluding hydrogens is 256 g/mol. The highest BCUT2D eigenvalue weighted by Gasteiger charge is 2.24. The summed E-state index contributed by atoms with van der Waals surface area (Å²) in [5, 5.41) is 3.05. The summed E-state index contributed by atoms with van der Waals surface area (Å²) in [6.45, 7) is 2.08. The molecule has 0 bridgehead atoms. The number of benzene rings is 1. The van der Waals surface area contributed by atoms with Crippen molar-refractivity contribution in [2.75, 3.05) is 0 Å². The molecule has 0 heterocycles. The molecule has 1 amide bonds. The predicted octanol–water partition coefficient (Wildman–Crippen LogP) is 2.17. The van der Waals surface area contributed by atoms with Crippen LogP contribution in [0.2, 0.25) is 0 Å². The largest absolute Gasteiger partial charge is 0.389 e. The molecule has 3 N–H and O–H groups in total. The van der Waals surface area contributed by atoms with E-state index in [0.29, 0.717) is 11.4 Å². The Labute approximate surface area is 119 Å². The van der Waals surface area contributed by atoms with Gasteiger partial charge in [-0.15, -0.1) is 0 Å². The Morgan fingerprint density at radius 3 is 2.58 bits per heavy atom. The Kier molecular flexibility index (Phi) is 4.53. The monoisotopic (exact) mass is 276 g/mol. The minimum absolute atomic E-state index is 0.0798. The van der Waals surface area contributed by atoms with E-state index in [2.05, 4.69) is 12.2 Å². The molecule has 0 spiro atoms. The number of carbonyl (C=O) groups is 1. The van der Waals surface area contributed by atoms with Gasteiger partial charge in [0.1, 0.15) is 4.99 Å². The van der Waals surface area contributed by atoms with Crippen LogP contribution in [-0.2, 0) is 11.2 Å². The maximum absolute atomic E-state index is 11.9. The summed E-state index contributed by atoms with van der Waals surface area (Å²) in [5.74, 6) is 0.913. The zero-order valence-electron chi connectivity index (χ0n) is 11.2. The van der Waals surface area contributed by atoms with Crippen LogP contribution < -0.4 is 11.1 Å². The normalized spacial score (nSPS) is 15.8. The van der Waals surface area contributed by atoms with Gasteiger partial charge < -0.3 is 11.1 Å². The first-order chi connectivity index (χ1) is 9.04. The minimum atomic E-state index is 0.0798. The highest BCUT2D eigenvalue weighted by Crippen LogP contribution is 2.33. The number of carbonyl (C=O) groups excluding carboxylic acids is 1. The SMILES string of the molecule is CC(CC1CC1)NC(=O)Cc1ccc(C(N)=S)cc1. The molecule has 1 fully saturated rings. The summed E-state index contributed by atoms with van der Waals surface area (Å²) < 4.78 is 0. The van der Waals surface area contributed by atoms with Gasteiger partial charge in [0.2, 0.25) is 5.91 Å². The van der Waals surface area contributed by atoms with Gasteiger partial charge in [-0.3, -0.25) is 4.79 Å².